The number of nitrogens with one attached hydrogen (secondary N) is 1. The number of halogens is 1. The molecule has 2 aromatic heterocycles. The minimum atomic E-state index is 0.589. The second-order valence-electron chi connectivity index (χ2n) is 8.33. The highest BCUT2D eigenvalue weighted by Crippen LogP contribution is 2.49. The molecule has 1 N–H and O–H groups in total. The average Bonchev–Trinajstić information content (AvgIpc) is 3.34. The van der Waals surface area contributed by atoms with Crippen LogP contribution in [-0.2, 0) is 0 Å². The smallest absolute Gasteiger partial charge is 0.225 e. The first kappa shape index (κ1) is 19.4. The standard InChI is InChI=1S/C23H26ClN5O/c24-20-14-25-23(26-15-20)29-8-5-17(6-9-29)22-11-18(22)7-10-30-21-3-1-16(2-4-21)19-12-27-28-13-19/h1-4,12-15,17-18,22H,5-11H2,(H,27,28). The molecule has 6 nitrogen and oxygen atoms in total. The highest BCUT2D eigenvalue weighted by Gasteiger charge is 2.43. The molecule has 7 heteroatoms. The number of rotatable bonds is 7. The Labute approximate surface area is 181 Å². The van der Waals surface area contributed by atoms with E-state index in [4.69, 9.17) is 16.3 Å². The Morgan fingerprint density at radius 2 is 1.80 bits per heavy atom. The van der Waals surface area contributed by atoms with E-state index < -0.39 is 0 Å². The molecule has 156 valence electrons. The summed E-state index contributed by atoms with van der Waals surface area (Å²) in [6.07, 6.45) is 12.0. The molecule has 3 heterocycles. The molecule has 2 fully saturated rings. The lowest BCUT2D eigenvalue weighted by atomic mass is 9.90. The molecule has 1 saturated heterocycles. The fourth-order valence-corrected chi connectivity index (χ4v) is 4.75. The van der Waals surface area contributed by atoms with Crippen molar-refractivity contribution in [3.8, 4) is 16.9 Å². The normalized spacial score (nSPS) is 21.6. The van der Waals surface area contributed by atoms with Crippen LogP contribution in [0, 0.1) is 17.8 Å². The van der Waals surface area contributed by atoms with Crippen molar-refractivity contribution in [1.82, 2.24) is 20.2 Å². The number of ether oxygens (including phenoxy) is 1. The summed E-state index contributed by atoms with van der Waals surface area (Å²) in [5.74, 6) is 4.25. The molecule has 0 radical (unpaired) electrons. The summed E-state index contributed by atoms with van der Waals surface area (Å²) >= 11 is 5.89. The van der Waals surface area contributed by atoms with Gasteiger partial charge in [0.25, 0.3) is 0 Å². The molecule has 3 aromatic rings. The van der Waals surface area contributed by atoms with Crippen LogP contribution in [0.5, 0.6) is 5.75 Å². The van der Waals surface area contributed by atoms with E-state index >= 15 is 0 Å². The van der Waals surface area contributed by atoms with Crippen molar-refractivity contribution >= 4 is 17.5 Å². The van der Waals surface area contributed by atoms with Gasteiger partial charge in [0.1, 0.15) is 5.75 Å². The van der Waals surface area contributed by atoms with Crippen molar-refractivity contribution < 1.29 is 4.74 Å². The number of benzene rings is 1. The van der Waals surface area contributed by atoms with Crippen molar-refractivity contribution in [2.24, 2.45) is 17.8 Å². The molecule has 30 heavy (non-hydrogen) atoms. The van der Waals surface area contributed by atoms with Gasteiger partial charge in [-0.2, -0.15) is 5.10 Å². The number of aromatic nitrogens is 4. The maximum Gasteiger partial charge on any atom is 0.225 e. The maximum absolute atomic E-state index is 5.99. The second kappa shape index (κ2) is 8.64. The zero-order valence-electron chi connectivity index (χ0n) is 16.9. The van der Waals surface area contributed by atoms with Crippen LogP contribution >= 0.6 is 11.6 Å². The number of hydrogen-bond donors (Lipinski definition) is 1. The summed E-state index contributed by atoms with van der Waals surface area (Å²) in [7, 11) is 0. The molecule has 1 aliphatic heterocycles. The third kappa shape index (κ3) is 4.43. The highest BCUT2D eigenvalue weighted by atomic mass is 35.5. The van der Waals surface area contributed by atoms with Gasteiger partial charge in [-0.3, -0.25) is 5.10 Å². The Hall–Kier alpha value is -2.60. The van der Waals surface area contributed by atoms with Gasteiger partial charge in [0.2, 0.25) is 5.95 Å². The SMILES string of the molecule is Clc1cnc(N2CCC(C3CC3CCOc3ccc(-c4cn[nH]c4)cc3)CC2)nc1. The van der Waals surface area contributed by atoms with Gasteiger partial charge < -0.3 is 9.64 Å². The average molecular weight is 424 g/mol. The maximum atomic E-state index is 5.99. The van der Waals surface area contributed by atoms with Gasteiger partial charge in [0.05, 0.1) is 30.2 Å². The number of aromatic amines is 1. The Morgan fingerprint density at radius 1 is 1.03 bits per heavy atom. The fraction of sp³-hybridized carbons (Fsp3) is 0.435. The van der Waals surface area contributed by atoms with Crippen LogP contribution in [0.3, 0.4) is 0 Å². The molecular weight excluding hydrogens is 398 g/mol. The van der Waals surface area contributed by atoms with Crippen LogP contribution in [0.1, 0.15) is 25.7 Å². The summed E-state index contributed by atoms with van der Waals surface area (Å²) < 4.78 is 5.99. The predicted molar refractivity (Wildman–Crippen MR) is 118 cm³/mol. The predicted octanol–water partition coefficient (Wildman–Crippen LogP) is 4.84. The summed E-state index contributed by atoms with van der Waals surface area (Å²) in [6.45, 7) is 2.87. The first-order valence-electron chi connectivity index (χ1n) is 10.7. The number of anilines is 1. The van der Waals surface area contributed by atoms with E-state index in [9.17, 15) is 0 Å². The zero-order valence-corrected chi connectivity index (χ0v) is 17.6. The third-order valence-corrected chi connectivity index (χ3v) is 6.65. The molecule has 1 aromatic carbocycles. The molecule has 2 atom stereocenters. The Kier molecular flexibility index (Phi) is 5.58. The van der Waals surface area contributed by atoms with E-state index in [0.29, 0.717) is 5.02 Å². The van der Waals surface area contributed by atoms with Crippen LogP contribution in [0.25, 0.3) is 11.1 Å². The summed E-state index contributed by atoms with van der Waals surface area (Å²) in [5, 5.41) is 7.43. The molecule has 0 spiro atoms. The Balaban J connectivity index is 1.03. The molecule has 2 unspecified atom stereocenters. The van der Waals surface area contributed by atoms with Crippen LogP contribution in [0.4, 0.5) is 5.95 Å². The van der Waals surface area contributed by atoms with Gasteiger partial charge >= 0.3 is 0 Å². The largest absolute Gasteiger partial charge is 0.494 e. The molecular formula is C23H26ClN5O. The molecule has 2 aliphatic rings. The van der Waals surface area contributed by atoms with Gasteiger partial charge in [-0.15, -0.1) is 0 Å². The van der Waals surface area contributed by atoms with Crippen LogP contribution in [-0.4, -0.2) is 39.9 Å². The molecule has 1 saturated carbocycles. The van der Waals surface area contributed by atoms with Crippen LogP contribution in [0.2, 0.25) is 5.02 Å². The van der Waals surface area contributed by atoms with Crippen molar-refractivity contribution in [3.05, 3.63) is 54.1 Å². The highest BCUT2D eigenvalue weighted by molar-refractivity contribution is 6.30. The Bertz CT molecular complexity index is 937. The molecule has 0 amide bonds. The number of H-pyrrole nitrogens is 1. The van der Waals surface area contributed by atoms with Gasteiger partial charge in [0, 0.05) is 24.8 Å². The minimum Gasteiger partial charge on any atom is -0.494 e. The fourth-order valence-electron chi connectivity index (χ4n) is 4.66. The minimum absolute atomic E-state index is 0.589. The van der Waals surface area contributed by atoms with Gasteiger partial charge in [-0.25, -0.2) is 9.97 Å². The number of piperidine rings is 1. The summed E-state index contributed by atoms with van der Waals surface area (Å²) in [4.78, 5) is 11.0. The van der Waals surface area contributed by atoms with E-state index in [1.54, 1.807) is 12.4 Å². The van der Waals surface area contributed by atoms with Crippen molar-refractivity contribution in [1.29, 1.82) is 0 Å². The summed E-state index contributed by atoms with van der Waals surface area (Å²) in [6, 6.07) is 8.25. The van der Waals surface area contributed by atoms with Gasteiger partial charge in [-0.1, -0.05) is 23.7 Å². The van der Waals surface area contributed by atoms with Crippen LogP contribution in [0.15, 0.2) is 49.1 Å². The van der Waals surface area contributed by atoms with Crippen molar-refractivity contribution in [2.75, 3.05) is 24.6 Å². The van der Waals surface area contributed by atoms with E-state index in [1.807, 2.05) is 24.5 Å². The molecule has 1 aliphatic carbocycles. The van der Waals surface area contributed by atoms with E-state index in [-0.39, 0.29) is 0 Å². The lowest BCUT2D eigenvalue weighted by Gasteiger charge is -2.32. The topological polar surface area (TPSA) is 66.9 Å². The number of nitrogens with zero attached hydrogens (tertiary/aromatic N) is 4. The van der Waals surface area contributed by atoms with Crippen molar-refractivity contribution in [3.63, 3.8) is 0 Å². The van der Waals surface area contributed by atoms with Gasteiger partial charge in [-0.05, 0) is 61.1 Å². The zero-order chi connectivity index (χ0) is 20.3. The summed E-state index contributed by atoms with van der Waals surface area (Å²) in [5.41, 5.74) is 2.24. The van der Waals surface area contributed by atoms with E-state index in [2.05, 4.69) is 37.2 Å². The van der Waals surface area contributed by atoms with Gasteiger partial charge in [0.15, 0.2) is 0 Å². The number of hydrogen-bond acceptors (Lipinski definition) is 5. The quantitative estimate of drug-likeness (QED) is 0.588. The molecule has 0 bridgehead atoms. The van der Waals surface area contributed by atoms with E-state index in [1.165, 1.54) is 19.3 Å². The first-order chi connectivity index (χ1) is 14.8. The monoisotopic (exact) mass is 423 g/mol. The molecule has 5 rings (SSSR count). The first-order valence-corrected chi connectivity index (χ1v) is 11.1. The van der Waals surface area contributed by atoms with E-state index in [0.717, 1.165) is 66.7 Å². The lowest BCUT2D eigenvalue weighted by molar-refractivity contribution is 0.284. The second-order valence-corrected chi connectivity index (χ2v) is 8.77. The van der Waals surface area contributed by atoms with Crippen molar-refractivity contribution in [2.45, 2.75) is 25.7 Å². The van der Waals surface area contributed by atoms with Crippen LogP contribution < -0.4 is 9.64 Å². The Morgan fingerprint density at radius 3 is 2.50 bits per heavy atom. The third-order valence-electron chi connectivity index (χ3n) is 6.46. The lowest BCUT2D eigenvalue weighted by Crippen LogP contribution is -2.35.